The third-order valence-electron chi connectivity index (χ3n) is 14.7. The van der Waals surface area contributed by atoms with Gasteiger partial charge in [-0.05, 0) is 98.5 Å². The first kappa shape index (κ1) is 39.2. The van der Waals surface area contributed by atoms with E-state index in [1.807, 2.05) is 24.3 Å². The molecule has 2 aromatic heterocycles. The van der Waals surface area contributed by atoms with Gasteiger partial charge in [-0.25, -0.2) is 15.0 Å². The van der Waals surface area contributed by atoms with Crippen LogP contribution in [0, 0.1) is 0 Å². The SMILES string of the molecule is CC1(c2cccc(-c3ccccc3)c2)c2ccc(-c3cccc(-c4nc(-c5ccccc5)nc(-c5cccc(-c6ccccc6)c5)n4)c3)c3c2-c2c1ccc1c4ccccc4n(c21)-c1ccccc1-3. The molecular weight excluding hydrogens is 837 g/mol. The fraction of sp³-hybridized carbons (Fsp3) is 0.0308. The van der Waals surface area contributed by atoms with E-state index < -0.39 is 5.41 Å². The molecule has 1 atom stereocenters. The van der Waals surface area contributed by atoms with Gasteiger partial charge in [-0.3, -0.25) is 0 Å². The highest BCUT2D eigenvalue weighted by Gasteiger charge is 2.45. The second-order valence-electron chi connectivity index (χ2n) is 18.4. The van der Waals surface area contributed by atoms with Gasteiger partial charge < -0.3 is 4.57 Å². The summed E-state index contributed by atoms with van der Waals surface area (Å²) in [6.07, 6.45) is 0. The molecule has 0 N–H and O–H groups in total. The summed E-state index contributed by atoms with van der Waals surface area (Å²) in [5, 5.41) is 2.53. The molecule has 322 valence electrons. The number of hydrogen-bond donors (Lipinski definition) is 0. The summed E-state index contributed by atoms with van der Waals surface area (Å²) >= 11 is 0. The van der Waals surface area contributed by atoms with E-state index in [2.05, 4.69) is 224 Å². The minimum Gasteiger partial charge on any atom is -0.308 e. The highest BCUT2D eigenvalue weighted by Crippen LogP contribution is 2.61. The molecule has 10 aromatic carbocycles. The smallest absolute Gasteiger partial charge is 0.164 e. The molecule has 14 rings (SSSR count). The second kappa shape index (κ2) is 15.3. The standard InChI is InChI=1S/C65H42N4/c1-65(49-29-17-25-45(40-49)42-20-7-3-8-21-42)54-36-34-50(58-53-31-12-14-33-57(53)69-56-32-13-11-30-51(56)52-35-37-55(65)60(59(54)58)61(52)69)46-26-16-28-48(39-46)64-67-62(43-22-9-4-10-23-43)66-63(68-64)47-27-15-24-44(38-47)41-18-5-2-6-19-41/h2-40H,1H3. The Morgan fingerprint density at radius 1 is 0.333 bits per heavy atom. The van der Waals surface area contributed by atoms with E-state index in [1.54, 1.807) is 0 Å². The van der Waals surface area contributed by atoms with Gasteiger partial charge in [0.05, 0.1) is 16.7 Å². The fourth-order valence-corrected chi connectivity index (χ4v) is 11.4. The number of aromatic nitrogens is 4. The lowest BCUT2D eigenvalue weighted by Gasteiger charge is -2.30. The summed E-state index contributed by atoms with van der Waals surface area (Å²) in [5.41, 5.74) is 21.9. The van der Waals surface area contributed by atoms with Crippen LogP contribution in [-0.4, -0.2) is 19.5 Å². The van der Waals surface area contributed by atoms with E-state index in [0.29, 0.717) is 17.5 Å². The Balaban J connectivity index is 1.01. The maximum Gasteiger partial charge on any atom is 0.164 e. The Morgan fingerprint density at radius 2 is 0.841 bits per heavy atom. The molecule has 12 aromatic rings. The lowest BCUT2D eigenvalue weighted by Crippen LogP contribution is -2.22. The third-order valence-corrected chi connectivity index (χ3v) is 14.7. The Morgan fingerprint density at radius 3 is 1.55 bits per heavy atom. The maximum absolute atomic E-state index is 5.26. The molecule has 2 aliphatic rings. The van der Waals surface area contributed by atoms with Crippen LogP contribution in [0.5, 0.6) is 0 Å². The molecule has 1 aliphatic heterocycles. The molecular formula is C65H42N4. The van der Waals surface area contributed by atoms with Gasteiger partial charge in [-0.15, -0.1) is 0 Å². The van der Waals surface area contributed by atoms with Crippen molar-refractivity contribution in [2.75, 3.05) is 0 Å². The quantitative estimate of drug-likeness (QED) is 0.160. The predicted octanol–water partition coefficient (Wildman–Crippen LogP) is 16.3. The Labute approximate surface area is 400 Å². The van der Waals surface area contributed by atoms with Crippen LogP contribution in [0.15, 0.2) is 237 Å². The summed E-state index contributed by atoms with van der Waals surface area (Å²) < 4.78 is 2.54. The zero-order valence-electron chi connectivity index (χ0n) is 37.8. The summed E-state index contributed by atoms with van der Waals surface area (Å²) in [6.45, 7) is 2.44. The van der Waals surface area contributed by atoms with Gasteiger partial charge in [-0.1, -0.05) is 206 Å². The van der Waals surface area contributed by atoms with Gasteiger partial charge in [0, 0.05) is 44.0 Å². The minimum absolute atomic E-state index is 0.445. The molecule has 0 radical (unpaired) electrons. The largest absolute Gasteiger partial charge is 0.308 e. The van der Waals surface area contributed by atoms with E-state index in [-0.39, 0.29) is 0 Å². The molecule has 0 saturated heterocycles. The van der Waals surface area contributed by atoms with Crippen LogP contribution in [0.25, 0.3) is 117 Å². The predicted molar refractivity (Wildman–Crippen MR) is 283 cm³/mol. The summed E-state index contributed by atoms with van der Waals surface area (Å²) in [4.78, 5) is 15.6. The first-order valence-electron chi connectivity index (χ1n) is 23.7. The fourth-order valence-electron chi connectivity index (χ4n) is 11.4. The van der Waals surface area contributed by atoms with Crippen molar-refractivity contribution in [2.45, 2.75) is 12.3 Å². The van der Waals surface area contributed by atoms with Gasteiger partial charge in [0.15, 0.2) is 17.5 Å². The highest BCUT2D eigenvalue weighted by molar-refractivity contribution is 6.20. The molecule has 4 heteroatoms. The summed E-state index contributed by atoms with van der Waals surface area (Å²) in [6, 6.07) is 85.4. The molecule has 69 heavy (non-hydrogen) atoms. The lowest BCUT2D eigenvalue weighted by molar-refractivity contribution is 0.714. The van der Waals surface area contributed by atoms with Crippen LogP contribution in [-0.2, 0) is 5.41 Å². The highest BCUT2D eigenvalue weighted by atomic mass is 15.0. The first-order valence-corrected chi connectivity index (χ1v) is 23.7. The summed E-state index contributed by atoms with van der Waals surface area (Å²) in [5.74, 6) is 1.89. The van der Waals surface area contributed by atoms with E-state index in [0.717, 1.165) is 38.9 Å². The maximum atomic E-state index is 5.26. The van der Waals surface area contributed by atoms with Crippen LogP contribution in [0.2, 0.25) is 0 Å². The van der Waals surface area contributed by atoms with Crippen molar-refractivity contribution in [1.82, 2.24) is 19.5 Å². The number of benzene rings is 10. The van der Waals surface area contributed by atoms with E-state index in [1.165, 1.54) is 77.6 Å². The normalized spacial score (nSPS) is 14.2. The lowest BCUT2D eigenvalue weighted by atomic mass is 9.73. The number of para-hydroxylation sites is 2. The van der Waals surface area contributed by atoms with Gasteiger partial charge in [0.2, 0.25) is 0 Å². The first-order chi connectivity index (χ1) is 34.1. The van der Waals surface area contributed by atoms with Crippen molar-refractivity contribution in [2.24, 2.45) is 0 Å². The van der Waals surface area contributed by atoms with Crippen molar-refractivity contribution in [1.29, 1.82) is 0 Å². The van der Waals surface area contributed by atoms with Crippen molar-refractivity contribution in [3.63, 3.8) is 0 Å². The van der Waals surface area contributed by atoms with Gasteiger partial charge in [0.25, 0.3) is 0 Å². The molecule has 3 heterocycles. The number of fused-ring (bicyclic) bond motifs is 6. The zero-order chi connectivity index (χ0) is 45.6. The summed E-state index contributed by atoms with van der Waals surface area (Å²) in [7, 11) is 0. The van der Waals surface area contributed by atoms with Crippen molar-refractivity contribution < 1.29 is 0 Å². The van der Waals surface area contributed by atoms with Crippen LogP contribution in [0.1, 0.15) is 23.6 Å². The molecule has 4 nitrogen and oxygen atoms in total. The molecule has 0 saturated carbocycles. The van der Waals surface area contributed by atoms with Crippen molar-refractivity contribution in [3.05, 3.63) is 253 Å². The Bertz CT molecular complexity index is 4020. The monoisotopic (exact) mass is 878 g/mol. The van der Waals surface area contributed by atoms with Gasteiger partial charge >= 0.3 is 0 Å². The van der Waals surface area contributed by atoms with Gasteiger partial charge in [0.1, 0.15) is 0 Å². The Hall–Kier alpha value is -8.99. The van der Waals surface area contributed by atoms with E-state index >= 15 is 0 Å². The van der Waals surface area contributed by atoms with Crippen LogP contribution >= 0.6 is 0 Å². The zero-order valence-corrected chi connectivity index (χ0v) is 37.8. The topological polar surface area (TPSA) is 43.6 Å². The van der Waals surface area contributed by atoms with Crippen LogP contribution < -0.4 is 0 Å². The number of hydrogen-bond acceptors (Lipinski definition) is 3. The van der Waals surface area contributed by atoms with E-state index in [9.17, 15) is 0 Å². The molecule has 0 spiro atoms. The van der Waals surface area contributed by atoms with E-state index in [4.69, 9.17) is 15.0 Å². The molecule has 0 bridgehead atoms. The van der Waals surface area contributed by atoms with Crippen molar-refractivity contribution >= 4 is 21.8 Å². The van der Waals surface area contributed by atoms with Crippen LogP contribution in [0.4, 0.5) is 0 Å². The number of nitrogens with zero attached hydrogens (tertiary/aromatic N) is 4. The second-order valence-corrected chi connectivity index (χ2v) is 18.4. The molecule has 1 unspecified atom stereocenters. The average Bonchev–Trinajstić information content (AvgIpc) is 3.86. The van der Waals surface area contributed by atoms with Gasteiger partial charge in [-0.2, -0.15) is 0 Å². The molecule has 1 aliphatic carbocycles. The molecule has 0 amide bonds. The minimum atomic E-state index is -0.445. The van der Waals surface area contributed by atoms with Crippen LogP contribution in [0.3, 0.4) is 0 Å². The number of rotatable bonds is 7. The van der Waals surface area contributed by atoms with Crippen molar-refractivity contribution in [3.8, 4) is 95.5 Å². The average molecular weight is 879 g/mol. The molecule has 0 fully saturated rings. The third kappa shape index (κ3) is 5.99. The Kier molecular flexibility index (Phi) is 8.68.